The molecule has 6 heteroatoms. The molecule has 2 aromatic carbocycles. The second-order valence-electron chi connectivity index (χ2n) is 7.04. The third-order valence-electron chi connectivity index (χ3n) is 4.87. The minimum atomic E-state index is -0.0764. The topological polar surface area (TPSA) is 64.0 Å². The lowest BCUT2D eigenvalue weighted by Crippen LogP contribution is -2.29. The van der Waals surface area contributed by atoms with Gasteiger partial charge in [0.2, 0.25) is 5.91 Å². The minimum absolute atomic E-state index is 0.0512. The van der Waals surface area contributed by atoms with E-state index in [9.17, 15) is 9.59 Å². The van der Waals surface area contributed by atoms with Crippen molar-refractivity contribution in [3.05, 3.63) is 70.0 Å². The van der Waals surface area contributed by atoms with E-state index in [0.717, 1.165) is 18.4 Å². The molecular weight excluding hydrogens is 382 g/mol. The largest absolute Gasteiger partial charge is 0.349 e. The van der Waals surface area contributed by atoms with Crippen LogP contribution in [0.4, 0.5) is 0 Å². The average Bonchev–Trinajstić information content (AvgIpc) is 2.74. The van der Waals surface area contributed by atoms with Crippen molar-refractivity contribution in [1.82, 2.24) is 14.9 Å². The fourth-order valence-corrected chi connectivity index (χ4v) is 4.05. The first kappa shape index (κ1) is 21.1. The lowest BCUT2D eigenvalue weighted by molar-refractivity contribution is -0.119. The number of para-hydroxylation sites is 1. The number of thioether (sulfide) groups is 1. The summed E-state index contributed by atoms with van der Waals surface area (Å²) in [6.07, 6.45) is 1.82. The van der Waals surface area contributed by atoms with E-state index < -0.39 is 0 Å². The Balaban J connectivity index is 1.71. The van der Waals surface area contributed by atoms with E-state index in [-0.39, 0.29) is 23.3 Å². The van der Waals surface area contributed by atoms with Gasteiger partial charge in [-0.1, -0.05) is 62.0 Å². The fourth-order valence-electron chi connectivity index (χ4n) is 3.22. The van der Waals surface area contributed by atoms with Crippen LogP contribution in [0.1, 0.15) is 44.4 Å². The van der Waals surface area contributed by atoms with Crippen LogP contribution in [-0.4, -0.2) is 21.2 Å². The third kappa shape index (κ3) is 5.07. The van der Waals surface area contributed by atoms with E-state index in [1.807, 2.05) is 32.0 Å². The van der Waals surface area contributed by atoms with Crippen LogP contribution in [0.5, 0.6) is 0 Å². The van der Waals surface area contributed by atoms with Crippen LogP contribution in [0.2, 0.25) is 0 Å². The van der Waals surface area contributed by atoms with Crippen LogP contribution < -0.4 is 10.9 Å². The molecule has 5 nitrogen and oxygen atoms in total. The van der Waals surface area contributed by atoms with Gasteiger partial charge < -0.3 is 5.32 Å². The summed E-state index contributed by atoms with van der Waals surface area (Å²) >= 11 is 1.31. The van der Waals surface area contributed by atoms with Crippen LogP contribution in [-0.2, 0) is 17.8 Å². The molecule has 0 radical (unpaired) electrons. The summed E-state index contributed by atoms with van der Waals surface area (Å²) in [5, 5.41) is 4.23. The SMILES string of the molecule is CCCn1c(SCC(=O)N[C@H](C)c2ccc(CC)cc2)nc2ccccc2c1=O. The van der Waals surface area contributed by atoms with Crippen LogP contribution in [0.15, 0.2) is 58.5 Å². The molecule has 1 aromatic heterocycles. The Morgan fingerprint density at radius 2 is 1.86 bits per heavy atom. The molecule has 1 amide bonds. The highest BCUT2D eigenvalue weighted by Crippen LogP contribution is 2.19. The molecule has 0 saturated carbocycles. The number of hydrogen-bond acceptors (Lipinski definition) is 4. The van der Waals surface area contributed by atoms with Gasteiger partial charge in [0.1, 0.15) is 0 Å². The molecule has 0 bridgehead atoms. The maximum Gasteiger partial charge on any atom is 0.262 e. The molecule has 1 atom stereocenters. The molecule has 1 heterocycles. The Morgan fingerprint density at radius 3 is 2.55 bits per heavy atom. The Morgan fingerprint density at radius 1 is 1.14 bits per heavy atom. The highest BCUT2D eigenvalue weighted by molar-refractivity contribution is 7.99. The smallest absolute Gasteiger partial charge is 0.262 e. The zero-order valence-corrected chi connectivity index (χ0v) is 18.0. The zero-order valence-electron chi connectivity index (χ0n) is 17.1. The van der Waals surface area contributed by atoms with Crippen molar-refractivity contribution in [2.45, 2.75) is 51.4 Å². The number of carbonyl (C=O) groups is 1. The van der Waals surface area contributed by atoms with Gasteiger partial charge in [0.15, 0.2) is 5.16 Å². The van der Waals surface area contributed by atoms with Crippen molar-refractivity contribution in [1.29, 1.82) is 0 Å². The van der Waals surface area contributed by atoms with Crippen LogP contribution in [0, 0.1) is 0 Å². The predicted octanol–water partition coefficient (Wildman–Crippen LogP) is 4.34. The summed E-state index contributed by atoms with van der Waals surface area (Å²) in [6, 6.07) is 15.6. The molecule has 3 aromatic rings. The van der Waals surface area contributed by atoms with Crippen LogP contribution >= 0.6 is 11.8 Å². The zero-order chi connectivity index (χ0) is 20.8. The number of aromatic nitrogens is 2. The van der Waals surface area contributed by atoms with Gasteiger partial charge in [0.05, 0.1) is 22.7 Å². The molecule has 0 unspecified atom stereocenters. The van der Waals surface area contributed by atoms with E-state index in [1.165, 1.54) is 17.3 Å². The maximum atomic E-state index is 12.8. The molecule has 0 saturated heterocycles. The third-order valence-corrected chi connectivity index (χ3v) is 5.85. The van der Waals surface area contributed by atoms with E-state index >= 15 is 0 Å². The number of rotatable bonds is 8. The fraction of sp³-hybridized carbons (Fsp3) is 0.348. The van der Waals surface area contributed by atoms with Crippen molar-refractivity contribution < 1.29 is 4.79 Å². The van der Waals surface area contributed by atoms with Crippen LogP contribution in [0.25, 0.3) is 10.9 Å². The molecule has 152 valence electrons. The molecule has 0 aliphatic carbocycles. The molecule has 0 aliphatic rings. The first-order valence-electron chi connectivity index (χ1n) is 10.0. The lowest BCUT2D eigenvalue weighted by Gasteiger charge is -2.16. The van der Waals surface area contributed by atoms with Gasteiger partial charge in [-0.2, -0.15) is 0 Å². The summed E-state index contributed by atoms with van der Waals surface area (Å²) in [5.41, 5.74) is 2.97. The van der Waals surface area contributed by atoms with Gasteiger partial charge in [-0.15, -0.1) is 0 Å². The minimum Gasteiger partial charge on any atom is -0.349 e. The average molecular weight is 410 g/mol. The second kappa shape index (κ2) is 9.74. The molecule has 1 N–H and O–H groups in total. The van der Waals surface area contributed by atoms with Crippen molar-refractivity contribution in [3.63, 3.8) is 0 Å². The monoisotopic (exact) mass is 409 g/mol. The van der Waals surface area contributed by atoms with Gasteiger partial charge in [-0.25, -0.2) is 4.98 Å². The van der Waals surface area contributed by atoms with Gasteiger partial charge in [0, 0.05) is 6.54 Å². The first-order chi connectivity index (χ1) is 14.0. The number of nitrogens with zero attached hydrogens (tertiary/aromatic N) is 2. The number of hydrogen-bond donors (Lipinski definition) is 1. The predicted molar refractivity (Wildman–Crippen MR) is 119 cm³/mol. The molecule has 3 rings (SSSR count). The number of fused-ring (bicyclic) bond motifs is 1. The Bertz CT molecular complexity index is 1040. The molecule has 0 aliphatic heterocycles. The highest BCUT2D eigenvalue weighted by Gasteiger charge is 2.14. The standard InChI is InChI=1S/C23H27N3O2S/c1-4-14-26-22(28)19-8-6-7-9-20(19)25-23(26)29-15-21(27)24-16(3)18-12-10-17(5-2)11-13-18/h6-13,16H,4-5,14-15H2,1-3H3,(H,24,27)/t16-/m1/s1. The van der Waals surface area contributed by atoms with Gasteiger partial charge in [-0.3, -0.25) is 14.2 Å². The van der Waals surface area contributed by atoms with Gasteiger partial charge in [0.25, 0.3) is 5.56 Å². The lowest BCUT2D eigenvalue weighted by atomic mass is 10.1. The summed E-state index contributed by atoms with van der Waals surface area (Å²) in [6.45, 7) is 6.70. The Labute approximate surface area is 175 Å². The Hall–Kier alpha value is -2.60. The number of carbonyl (C=O) groups excluding carboxylic acids is 1. The van der Waals surface area contributed by atoms with E-state index in [2.05, 4.69) is 41.5 Å². The van der Waals surface area contributed by atoms with Gasteiger partial charge in [-0.05, 0) is 43.0 Å². The summed E-state index contributed by atoms with van der Waals surface area (Å²) < 4.78 is 1.67. The van der Waals surface area contributed by atoms with E-state index in [0.29, 0.717) is 22.6 Å². The summed E-state index contributed by atoms with van der Waals surface area (Å²) in [4.78, 5) is 29.9. The highest BCUT2D eigenvalue weighted by atomic mass is 32.2. The normalized spacial score (nSPS) is 12.1. The van der Waals surface area contributed by atoms with Crippen molar-refractivity contribution in [3.8, 4) is 0 Å². The number of nitrogens with one attached hydrogen (secondary N) is 1. The van der Waals surface area contributed by atoms with Crippen molar-refractivity contribution >= 4 is 28.6 Å². The van der Waals surface area contributed by atoms with Crippen LogP contribution in [0.3, 0.4) is 0 Å². The summed E-state index contributed by atoms with van der Waals surface area (Å²) in [5.74, 6) is 0.138. The Kier molecular flexibility index (Phi) is 7.09. The maximum absolute atomic E-state index is 12.8. The molecule has 0 spiro atoms. The molecule has 29 heavy (non-hydrogen) atoms. The van der Waals surface area contributed by atoms with E-state index in [4.69, 9.17) is 0 Å². The quantitative estimate of drug-likeness (QED) is 0.444. The number of aryl methyl sites for hydroxylation is 1. The number of amides is 1. The van der Waals surface area contributed by atoms with E-state index in [1.54, 1.807) is 10.6 Å². The first-order valence-corrected chi connectivity index (χ1v) is 11.0. The summed E-state index contributed by atoms with van der Waals surface area (Å²) in [7, 11) is 0. The van der Waals surface area contributed by atoms with Crippen molar-refractivity contribution in [2.75, 3.05) is 5.75 Å². The number of benzene rings is 2. The van der Waals surface area contributed by atoms with Crippen molar-refractivity contribution in [2.24, 2.45) is 0 Å². The molecule has 0 fully saturated rings. The second-order valence-corrected chi connectivity index (χ2v) is 7.98. The molecular formula is C23H27N3O2S. The van der Waals surface area contributed by atoms with Gasteiger partial charge >= 0.3 is 0 Å².